The van der Waals surface area contributed by atoms with Crippen LogP contribution in [0.5, 0.6) is 5.75 Å². The van der Waals surface area contributed by atoms with Crippen LogP contribution in [-0.2, 0) is 9.59 Å². The number of carboxylic acids is 1. The monoisotopic (exact) mass is 336 g/mol. The number of carbonyl (C=O) groups excluding carboxylic acids is 1. The second kappa shape index (κ2) is 6.97. The number of hydrogen-bond acceptors (Lipinski definition) is 3. The number of amides is 1. The SMILES string of the molecule is COc1cc[nH]c1/C=C1\C(=O)Nc2cccc(C#CCCC(=O)O)c21. The molecular formula is C19H16N2O4. The first kappa shape index (κ1) is 16.4. The minimum atomic E-state index is -0.885. The second-order valence-electron chi connectivity index (χ2n) is 5.40. The average molecular weight is 336 g/mol. The van der Waals surface area contributed by atoms with Crippen LogP contribution in [0.2, 0.25) is 0 Å². The number of aromatic nitrogens is 1. The average Bonchev–Trinajstić information content (AvgIpc) is 3.16. The molecule has 2 aromatic rings. The standard InChI is InChI=1S/C19H16N2O4/c1-25-16-9-10-20-15(16)11-13-18-12(5-2-3-8-17(22)23)6-4-7-14(18)21-19(13)24/h4,6-7,9-11,20H,3,8H2,1H3,(H,21,24)(H,22,23)/b13-11-. The molecule has 0 saturated carbocycles. The summed E-state index contributed by atoms with van der Waals surface area (Å²) in [5, 5.41) is 11.5. The Morgan fingerprint density at radius 2 is 2.20 bits per heavy atom. The lowest BCUT2D eigenvalue weighted by Gasteiger charge is -2.03. The Labute approximate surface area is 144 Å². The molecule has 0 saturated heterocycles. The van der Waals surface area contributed by atoms with Crippen molar-refractivity contribution in [1.29, 1.82) is 0 Å². The fourth-order valence-electron chi connectivity index (χ4n) is 2.62. The molecule has 3 N–H and O–H groups in total. The van der Waals surface area contributed by atoms with E-state index in [4.69, 9.17) is 9.84 Å². The molecule has 126 valence electrons. The lowest BCUT2D eigenvalue weighted by Crippen LogP contribution is -2.03. The largest absolute Gasteiger partial charge is 0.495 e. The Kier molecular flexibility index (Phi) is 4.57. The molecule has 1 aliphatic heterocycles. The summed E-state index contributed by atoms with van der Waals surface area (Å²) in [6.45, 7) is 0. The number of carbonyl (C=O) groups is 2. The Hall–Kier alpha value is -3.46. The molecule has 1 amide bonds. The van der Waals surface area contributed by atoms with Gasteiger partial charge in [0.2, 0.25) is 0 Å². The van der Waals surface area contributed by atoms with Gasteiger partial charge < -0.3 is 20.1 Å². The third kappa shape index (κ3) is 3.40. The summed E-state index contributed by atoms with van der Waals surface area (Å²) < 4.78 is 5.26. The molecule has 0 radical (unpaired) electrons. The van der Waals surface area contributed by atoms with E-state index in [1.807, 2.05) is 12.1 Å². The zero-order chi connectivity index (χ0) is 17.8. The molecule has 1 aromatic heterocycles. The van der Waals surface area contributed by atoms with E-state index in [2.05, 4.69) is 22.1 Å². The van der Waals surface area contributed by atoms with Gasteiger partial charge in [-0.2, -0.15) is 0 Å². The van der Waals surface area contributed by atoms with Crippen molar-refractivity contribution in [3.8, 4) is 17.6 Å². The van der Waals surface area contributed by atoms with E-state index in [0.29, 0.717) is 33.8 Å². The molecule has 0 fully saturated rings. The topological polar surface area (TPSA) is 91.4 Å². The highest BCUT2D eigenvalue weighted by Crippen LogP contribution is 2.36. The van der Waals surface area contributed by atoms with Crippen LogP contribution in [0, 0.1) is 11.8 Å². The Morgan fingerprint density at radius 1 is 1.36 bits per heavy atom. The smallest absolute Gasteiger partial charge is 0.304 e. The van der Waals surface area contributed by atoms with Gasteiger partial charge in [-0.15, -0.1) is 0 Å². The molecule has 25 heavy (non-hydrogen) atoms. The molecule has 1 aromatic carbocycles. The molecule has 0 aliphatic carbocycles. The van der Waals surface area contributed by atoms with Crippen molar-refractivity contribution in [1.82, 2.24) is 4.98 Å². The summed E-state index contributed by atoms with van der Waals surface area (Å²) in [4.78, 5) is 26.0. The quantitative estimate of drug-likeness (QED) is 0.591. The van der Waals surface area contributed by atoms with Crippen LogP contribution in [0.25, 0.3) is 11.6 Å². The number of hydrogen-bond donors (Lipinski definition) is 3. The van der Waals surface area contributed by atoms with Crippen LogP contribution in [0.3, 0.4) is 0 Å². The summed E-state index contributed by atoms with van der Waals surface area (Å²) in [5.41, 5.74) is 3.25. The highest BCUT2D eigenvalue weighted by Gasteiger charge is 2.26. The van der Waals surface area contributed by atoms with Crippen molar-refractivity contribution >= 4 is 29.2 Å². The van der Waals surface area contributed by atoms with E-state index >= 15 is 0 Å². The molecule has 6 nitrogen and oxygen atoms in total. The Bertz CT molecular complexity index is 928. The van der Waals surface area contributed by atoms with E-state index in [0.717, 1.165) is 0 Å². The van der Waals surface area contributed by atoms with Crippen LogP contribution >= 0.6 is 0 Å². The Morgan fingerprint density at radius 3 is 2.96 bits per heavy atom. The van der Waals surface area contributed by atoms with Crippen molar-refractivity contribution in [2.45, 2.75) is 12.8 Å². The number of methoxy groups -OCH3 is 1. The number of aromatic amines is 1. The lowest BCUT2D eigenvalue weighted by atomic mass is 9.99. The van der Waals surface area contributed by atoms with E-state index in [1.54, 1.807) is 31.5 Å². The normalized spacial score (nSPS) is 13.8. The molecule has 6 heteroatoms. The van der Waals surface area contributed by atoms with E-state index in [-0.39, 0.29) is 18.7 Å². The number of fused-ring (bicyclic) bond motifs is 1. The fraction of sp³-hybridized carbons (Fsp3) is 0.158. The second-order valence-corrected chi connectivity index (χ2v) is 5.40. The lowest BCUT2D eigenvalue weighted by molar-refractivity contribution is -0.136. The molecular weight excluding hydrogens is 320 g/mol. The summed E-state index contributed by atoms with van der Waals surface area (Å²) in [6, 6.07) is 7.20. The van der Waals surface area contributed by atoms with Crippen LogP contribution in [-0.4, -0.2) is 29.1 Å². The number of ether oxygens (including phenoxy) is 1. The van der Waals surface area contributed by atoms with Gasteiger partial charge in [-0.05, 0) is 24.3 Å². The van der Waals surface area contributed by atoms with Gasteiger partial charge >= 0.3 is 5.97 Å². The van der Waals surface area contributed by atoms with E-state index in [9.17, 15) is 9.59 Å². The van der Waals surface area contributed by atoms with Gasteiger partial charge in [0.15, 0.2) is 0 Å². The number of rotatable bonds is 4. The van der Waals surface area contributed by atoms with Crippen molar-refractivity contribution in [2.75, 3.05) is 12.4 Å². The molecule has 0 atom stereocenters. The molecule has 1 aliphatic rings. The van der Waals surface area contributed by atoms with Crippen LogP contribution in [0.1, 0.15) is 29.7 Å². The fourth-order valence-corrected chi connectivity index (χ4v) is 2.62. The first-order chi connectivity index (χ1) is 12.1. The summed E-state index contributed by atoms with van der Waals surface area (Å²) >= 11 is 0. The minimum Gasteiger partial charge on any atom is -0.495 e. The highest BCUT2D eigenvalue weighted by molar-refractivity contribution is 6.35. The van der Waals surface area contributed by atoms with Gasteiger partial charge in [0, 0.05) is 23.7 Å². The number of benzene rings is 1. The maximum Gasteiger partial charge on any atom is 0.304 e. The number of H-pyrrole nitrogens is 1. The molecule has 2 heterocycles. The predicted molar refractivity (Wildman–Crippen MR) is 94.0 cm³/mol. The van der Waals surface area contributed by atoms with Gasteiger partial charge in [-0.1, -0.05) is 17.9 Å². The van der Waals surface area contributed by atoms with Gasteiger partial charge in [0.25, 0.3) is 5.91 Å². The third-order valence-electron chi connectivity index (χ3n) is 3.76. The molecule has 0 unspecified atom stereocenters. The maximum atomic E-state index is 12.4. The van der Waals surface area contributed by atoms with E-state index in [1.165, 1.54) is 0 Å². The predicted octanol–water partition coefficient (Wildman–Crippen LogP) is 2.73. The van der Waals surface area contributed by atoms with Gasteiger partial charge in [0.1, 0.15) is 5.75 Å². The zero-order valence-electron chi connectivity index (χ0n) is 13.6. The van der Waals surface area contributed by atoms with Gasteiger partial charge in [0.05, 0.1) is 30.5 Å². The van der Waals surface area contributed by atoms with Crippen LogP contribution in [0.15, 0.2) is 30.5 Å². The number of anilines is 1. The zero-order valence-corrected chi connectivity index (χ0v) is 13.6. The summed E-state index contributed by atoms with van der Waals surface area (Å²) in [7, 11) is 1.56. The minimum absolute atomic E-state index is 0.0123. The summed E-state index contributed by atoms with van der Waals surface area (Å²) in [5.74, 6) is 5.36. The highest BCUT2D eigenvalue weighted by atomic mass is 16.5. The summed E-state index contributed by atoms with van der Waals surface area (Å²) in [6.07, 6.45) is 3.70. The van der Waals surface area contributed by atoms with Crippen LogP contribution in [0.4, 0.5) is 5.69 Å². The maximum absolute atomic E-state index is 12.4. The number of aliphatic carboxylic acids is 1. The molecule has 0 bridgehead atoms. The molecule has 0 spiro atoms. The van der Waals surface area contributed by atoms with Gasteiger partial charge in [-0.3, -0.25) is 9.59 Å². The first-order valence-corrected chi connectivity index (χ1v) is 7.68. The molecule has 3 rings (SSSR count). The van der Waals surface area contributed by atoms with Crippen molar-refractivity contribution in [3.05, 3.63) is 47.3 Å². The number of carboxylic acid groups (broad SMARTS) is 1. The van der Waals surface area contributed by atoms with Crippen LogP contribution < -0.4 is 10.1 Å². The number of nitrogens with one attached hydrogen (secondary N) is 2. The van der Waals surface area contributed by atoms with Crippen molar-refractivity contribution in [2.24, 2.45) is 0 Å². The van der Waals surface area contributed by atoms with Crippen molar-refractivity contribution in [3.63, 3.8) is 0 Å². The van der Waals surface area contributed by atoms with Gasteiger partial charge in [-0.25, -0.2) is 0 Å². The third-order valence-corrected chi connectivity index (χ3v) is 3.76. The van der Waals surface area contributed by atoms with Crippen molar-refractivity contribution < 1.29 is 19.4 Å². The first-order valence-electron chi connectivity index (χ1n) is 7.68. The Balaban J connectivity index is 2.00. The van der Waals surface area contributed by atoms with E-state index < -0.39 is 5.97 Å².